The van der Waals surface area contributed by atoms with Crippen LogP contribution in [0.25, 0.3) is 10.9 Å². The van der Waals surface area contributed by atoms with E-state index in [-0.39, 0.29) is 11.8 Å². The highest BCUT2D eigenvalue weighted by Crippen LogP contribution is 2.35. The number of hydrogen-bond acceptors (Lipinski definition) is 3. The lowest BCUT2D eigenvalue weighted by Crippen LogP contribution is -2.49. The van der Waals surface area contributed by atoms with Crippen molar-refractivity contribution in [3.8, 4) is 5.75 Å². The third-order valence-corrected chi connectivity index (χ3v) is 7.51. The van der Waals surface area contributed by atoms with Gasteiger partial charge in [-0.25, -0.2) is 0 Å². The monoisotopic (exact) mass is 481 g/mol. The Kier molecular flexibility index (Phi) is 6.99. The minimum Gasteiger partial charge on any atom is -0.495 e. The van der Waals surface area contributed by atoms with Gasteiger partial charge in [-0.05, 0) is 42.2 Å². The zero-order chi connectivity index (χ0) is 25.1. The highest BCUT2D eigenvalue weighted by atomic mass is 16.5. The van der Waals surface area contributed by atoms with E-state index in [0.29, 0.717) is 19.5 Å². The largest absolute Gasteiger partial charge is 0.495 e. The second-order valence-corrected chi connectivity index (χ2v) is 9.64. The Bertz CT molecular complexity index is 1330. The number of carbonyl (C=O) groups is 1. The van der Waals surface area contributed by atoms with Crippen molar-refractivity contribution in [1.29, 1.82) is 0 Å². The van der Waals surface area contributed by atoms with Crippen LogP contribution in [0.3, 0.4) is 0 Å². The van der Waals surface area contributed by atoms with Crippen LogP contribution >= 0.6 is 0 Å². The minimum absolute atomic E-state index is 0.00574. The van der Waals surface area contributed by atoms with Gasteiger partial charge in [-0.3, -0.25) is 4.79 Å². The molecule has 1 aliphatic rings. The molecule has 0 aliphatic carbocycles. The predicted octanol–water partition coefficient (Wildman–Crippen LogP) is 5.92. The minimum atomic E-state index is 0.00574. The molecule has 1 aliphatic heterocycles. The van der Waals surface area contributed by atoms with Gasteiger partial charge >= 0.3 is 0 Å². The van der Waals surface area contributed by atoms with E-state index in [9.17, 15) is 4.79 Å². The van der Waals surface area contributed by atoms with E-state index in [1.165, 1.54) is 33.2 Å². The Morgan fingerprint density at radius 3 is 2.44 bits per heavy atom. The average molecular weight is 482 g/mol. The molecule has 1 N–H and O–H groups in total. The van der Waals surface area contributed by atoms with E-state index in [0.717, 1.165) is 30.9 Å². The number of benzene rings is 3. The highest BCUT2D eigenvalue weighted by Gasteiger charge is 2.27. The predicted molar refractivity (Wildman–Crippen MR) is 147 cm³/mol. The summed E-state index contributed by atoms with van der Waals surface area (Å²) in [5.74, 6) is 1.09. The molecule has 5 rings (SSSR count). The number of nitrogens with zero attached hydrogens (tertiary/aromatic N) is 2. The van der Waals surface area contributed by atoms with Crippen LogP contribution in [0, 0.1) is 6.92 Å². The van der Waals surface area contributed by atoms with Gasteiger partial charge < -0.3 is 19.5 Å². The summed E-state index contributed by atoms with van der Waals surface area (Å²) in [4.78, 5) is 21.5. The van der Waals surface area contributed by atoms with Gasteiger partial charge in [-0.2, -0.15) is 0 Å². The van der Waals surface area contributed by atoms with Crippen LogP contribution < -0.4 is 9.64 Å². The van der Waals surface area contributed by atoms with Crippen LogP contribution in [-0.4, -0.2) is 49.1 Å². The Morgan fingerprint density at radius 2 is 1.72 bits per heavy atom. The summed E-state index contributed by atoms with van der Waals surface area (Å²) in [5.41, 5.74) is 7.19. The molecule has 0 bridgehead atoms. The number of ether oxygens (including phenoxy) is 1. The maximum atomic E-state index is 13.6. The van der Waals surface area contributed by atoms with Crippen LogP contribution in [0.2, 0.25) is 0 Å². The number of nitrogens with one attached hydrogen (secondary N) is 1. The number of aromatic nitrogens is 1. The summed E-state index contributed by atoms with van der Waals surface area (Å²) < 4.78 is 5.55. The molecule has 0 radical (unpaired) electrons. The molecule has 0 unspecified atom stereocenters. The summed E-state index contributed by atoms with van der Waals surface area (Å²) in [5, 5.41) is 1.22. The first kappa shape index (κ1) is 24.0. The molecule has 2 heterocycles. The van der Waals surface area contributed by atoms with Crippen LogP contribution in [-0.2, 0) is 11.2 Å². The number of para-hydroxylation sites is 3. The maximum absolute atomic E-state index is 13.6. The number of H-pyrrole nitrogens is 1. The average Bonchev–Trinajstić information content (AvgIpc) is 3.36. The number of amides is 1. The molecular formula is C31H35N3O2. The normalized spacial score (nSPS) is 14.8. The second kappa shape index (κ2) is 10.5. The van der Waals surface area contributed by atoms with Crippen LogP contribution in [0.5, 0.6) is 5.75 Å². The van der Waals surface area contributed by atoms with Gasteiger partial charge in [0.05, 0.1) is 12.8 Å². The fourth-order valence-electron chi connectivity index (χ4n) is 5.42. The van der Waals surface area contributed by atoms with Crippen molar-refractivity contribution in [2.24, 2.45) is 0 Å². The molecule has 36 heavy (non-hydrogen) atoms. The van der Waals surface area contributed by atoms with Gasteiger partial charge in [0.15, 0.2) is 0 Å². The number of anilines is 1. The fourth-order valence-corrected chi connectivity index (χ4v) is 5.42. The van der Waals surface area contributed by atoms with E-state index < -0.39 is 0 Å². The summed E-state index contributed by atoms with van der Waals surface area (Å²) >= 11 is 0. The number of fused-ring (bicyclic) bond motifs is 1. The highest BCUT2D eigenvalue weighted by molar-refractivity contribution is 5.88. The Balaban J connectivity index is 1.37. The van der Waals surface area contributed by atoms with E-state index in [2.05, 4.69) is 78.5 Å². The number of carbonyl (C=O) groups excluding carboxylic acids is 1. The van der Waals surface area contributed by atoms with Gasteiger partial charge in [-0.15, -0.1) is 0 Å². The molecule has 5 heteroatoms. The molecule has 1 aromatic heterocycles. The van der Waals surface area contributed by atoms with Gasteiger partial charge in [-0.1, -0.05) is 67.1 Å². The fraction of sp³-hybridized carbons (Fsp3) is 0.323. The summed E-state index contributed by atoms with van der Waals surface area (Å²) in [6, 6.07) is 23.2. The molecular weight excluding hydrogens is 446 g/mol. The molecule has 1 amide bonds. The summed E-state index contributed by atoms with van der Waals surface area (Å²) in [6.07, 6.45) is 3.55. The first-order valence-corrected chi connectivity index (χ1v) is 12.9. The zero-order valence-corrected chi connectivity index (χ0v) is 21.5. The van der Waals surface area contributed by atoms with E-state index in [1.807, 2.05) is 23.1 Å². The SMILES string of the molecule is CCc1cccc2c([C@H](CC(=O)N3CCN(c4ccccc4OC)CC3)c3ccc(C)cc3)c[nH]c12. The Hall–Kier alpha value is -3.73. The van der Waals surface area contributed by atoms with Gasteiger partial charge in [0.2, 0.25) is 5.91 Å². The molecule has 0 spiro atoms. The number of methoxy groups -OCH3 is 1. The molecule has 0 saturated carbocycles. The second-order valence-electron chi connectivity index (χ2n) is 9.64. The van der Waals surface area contributed by atoms with E-state index in [4.69, 9.17) is 4.74 Å². The van der Waals surface area contributed by atoms with Crippen molar-refractivity contribution in [3.63, 3.8) is 0 Å². The molecule has 4 aromatic rings. The molecule has 5 nitrogen and oxygen atoms in total. The van der Waals surface area contributed by atoms with Crippen molar-refractivity contribution in [2.75, 3.05) is 38.2 Å². The van der Waals surface area contributed by atoms with E-state index in [1.54, 1.807) is 7.11 Å². The lowest BCUT2D eigenvalue weighted by molar-refractivity contribution is -0.131. The van der Waals surface area contributed by atoms with E-state index >= 15 is 0 Å². The van der Waals surface area contributed by atoms with Crippen molar-refractivity contribution in [1.82, 2.24) is 9.88 Å². The Morgan fingerprint density at radius 1 is 0.972 bits per heavy atom. The Labute approximate surface area is 213 Å². The number of hydrogen-bond donors (Lipinski definition) is 1. The van der Waals surface area contributed by atoms with Crippen LogP contribution in [0.4, 0.5) is 5.69 Å². The first-order valence-electron chi connectivity index (χ1n) is 12.9. The lowest BCUT2D eigenvalue weighted by atomic mass is 9.87. The number of rotatable bonds is 7. The third kappa shape index (κ3) is 4.70. The van der Waals surface area contributed by atoms with Crippen molar-refractivity contribution in [3.05, 3.63) is 95.2 Å². The number of aromatic amines is 1. The summed E-state index contributed by atoms with van der Waals surface area (Å²) in [6.45, 7) is 7.31. The maximum Gasteiger partial charge on any atom is 0.223 e. The molecule has 1 atom stereocenters. The van der Waals surface area contributed by atoms with Gasteiger partial charge in [0, 0.05) is 55.6 Å². The topological polar surface area (TPSA) is 48.6 Å². The van der Waals surface area contributed by atoms with Crippen molar-refractivity contribution < 1.29 is 9.53 Å². The smallest absolute Gasteiger partial charge is 0.223 e. The molecule has 1 fully saturated rings. The number of piperazine rings is 1. The first-order chi connectivity index (χ1) is 17.6. The lowest BCUT2D eigenvalue weighted by Gasteiger charge is -2.37. The van der Waals surface area contributed by atoms with Crippen molar-refractivity contribution >= 4 is 22.5 Å². The summed E-state index contributed by atoms with van der Waals surface area (Å²) in [7, 11) is 1.71. The molecule has 186 valence electrons. The van der Waals surface area contributed by atoms with Gasteiger partial charge in [0.25, 0.3) is 0 Å². The molecule has 3 aromatic carbocycles. The van der Waals surface area contributed by atoms with Crippen LogP contribution in [0.1, 0.15) is 41.5 Å². The standard InChI is InChI=1S/C31H35N3O2/c1-4-23-8-7-9-25-27(21-32-31(23)25)26(24-14-12-22(2)13-15-24)20-30(35)34-18-16-33(17-19-34)28-10-5-6-11-29(28)36-3/h5-15,21,26,32H,4,16-20H2,1-3H3/t26-/m1/s1. The third-order valence-electron chi connectivity index (χ3n) is 7.51. The molecule has 1 saturated heterocycles. The van der Waals surface area contributed by atoms with Crippen molar-refractivity contribution in [2.45, 2.75) is 32.6 Å². The zero-order valence-electron chi connectivity index (χ0n) is 21.5. The van der Waals surface area contributed by atoms with Crippen LogP contribution in [0.15, 0.2) is 72.9 Å². The quantitative estimate of drug-likeness (QED) is 0.357. The number of aryl methyl sites for hydroxylation is 2. The van der Waals surface area contributed by atoms with Gasteiger partial charge in [0.1, 0.15) is 5.75 Å².